The predicted octanol–water partition coefficient (Wildman–Crippen LogP) is 5.43. The van der Waals surface area contributed by atoms with Crippen molar-refractivity contribution in [2.75, 3.05) is 7.11 Å². The number of amides is 1. The lowest BCUT2D eigenvalue weighted by atomic mass is 9.97. The Morgan fingerprint density at radius 2 is 2.05 bits per heavy atom. The molecule has 1 amide bonds. The van der Waals surface area contributed by atoms with Gasteiger partial charge in [0.1, 0.15) is 28.8 Å². The molecule has 1 aliphatic rings. The largest absolute Gasteiger partial charge is 0.496 e. The van der Waals surface area contributed by atoms with Crippen LogP contribution in [0.15, 0.2) is 54.7 Å². The lowest BCUT2D eigenvalue weighted by molar-refractivity contribution is -0.129. The van der Waals surface area contributed by atoms with Gasteiger partial charge in [0.2, 0.25) is 5.91 Å². The molecule has 1 aliphatic heterocycles. The van der Waals surface area contributed by atoms with Crippen LogP contribution in [-0.4, -0.2) is 48.5 Å². The Kier molecular flexibility index (Phi) is 6.02. The minimum atomic E-state index is -0.765. The van der Waals surface area contributed by atoms with E-state index in [0.717, 1.165) is 33.5 Å². The molecule has 4 aromatic heterocycles. The molecular formula is C28H24F2N6O2S. The van der Waals surface area contributed by atoms with Gasteiger partial charge in [-0.15, -0.1) is 11.3 Å². The summed E-state index contributed by atoms with van der Waals surface area (Å²) < 4.78 is 39.5. The first kappa shape index (κ1) is 24.9. The van der Waals surface area contributed by atoms with Crippen molar-refractivity contribution in [3.63, 3.8) is 0 Å². The highest BCUT2D eigenvalue weighted by Gasteiger charge is 2.30. The summed E-state index contributed by atoms with van der Waals surface area (Å²) in [6, 6.07) is 5.70. The van der Waals surface area contributed by atoms with Crippen molar-refractivity contribution < 1.29 is 18.3 Å². The van der Waals surface area contributed by atoms with Gasteiger partial charge in [0.15, 0.2) is 0 Å². The Bertz CT molecular complexity index is 1770. The van der Waals surface area contributed by atoms with Crippen molar-refractivity contribution in [2.45, 2.75) is 26.1 Å². The first-order valence-corrected chi connectivity index (χ1v) is 13.1. The highest BCUT2D eigenvalue weighted by molar-refractivity contribution is 7.18. The molecule has 0 saturated carbocycles. The van der Waals surface area contributed by atoms with Crippen LogP contribution in [0.4, 0.5) is 8.78 Å². The van der Waals surface area contributed by atoms with E-state index < -0.39 is 11.6 Å². The van der Waals surface area contributed by atoms with E-state index in [1.165, 1.54) is 24.5 Å². The van der Waals surface area contributed by atoms with E-state index in [9.17, 15) is 9.18 Å². The van der Waals surface area contributed by atoms with Crippen molar-refractivity contribution in [1.82, 2.24) is 29.4 Å². The van der Waals surface area contributed by atoms with Crippen molar-refractivity contribution in [1.29, 1.82) is 0 Å². The normalized spacial score (nSPS) is 15.0. The first-order valence-electron chi connectivity index (χ1n) is 12.2. The Labute approximate surface area is 226 Å². The summed E-state index contributed by atoms with van der Waals surface area (Å²) in [5.41, 5.74) is 3.77. The molecule has 5 heterocycles. The lowest BCUT2D eigenvalue weighted by Gasteiger charge is -2.33. The van der Waals surface area contributed by atoms with E-state index in [1.54, 1.807) is 15.8 Å². The molecule has 198 valence electrons. The molecule has 11 heteroatoms. The van der Waals surface area contributed by atoms with E-state index in [-0.39, 0.29) is 23.3 Å². The standard InChI is InChI=1S/C28H24F2N6O2S/c1-5-23(37)35-14-18-10-21(33-36(18)12-15(35)2)27-25(24-20(30)8-17(29)9-22(24)38-4)28-19(6-7-39-28)26(32-27)16-11-31-34(3)13-16/h5-11,13,15H,1,12,14H2,2-4H3. The highest BCUT2D eigenvalue weighted by Crippen LogP contribution is 2.47. The third-order valence-corrected chi connectivity index (χ3v) is 7.87. The van der Waals surface area contributed by atoms with Gasteiger partial charge in [0.25, 0.3) is 0 Å². The van der Waals surface area contributed by atoms with Gasteiger partial charge < -0.3 is 9.64 Å². The van der Waals surface area contributed by atoms with Crippen molar-refractivity contribution in [3.8, 4) is 39.5 Å². The Balaban J connectivity index is 1.64. The van der Waals surface area contributed by atoms with Gasteiger partial charge in [0.05, 0.1) is 43.3 Å². The molecule has 0 bridgehead atoms. The number of nitrogens with zero attached hydrogens (tertiary/aromatic N) is 6. The maximum Gasteiger partial charge on any atom is 0.246 e. The van der Waals surface area contributed by atoms with Gasteiger partial charge in [0, 0.05) is 52.6 Å². The van der Waals surface area contributed by atoms with Crippen molar-refractivity contribution in [2.24, 2.45) is 7.05 Å². The lowest BCUT2D eigenvalue weighted by Crippen LogP contribution is -2.44. The van der Waals surface area contributed by atoms with Gasteiger partial charge in [-0.05, 0) is 30.5 Å². The molecular weight excluding hydrogens is 522 g/mol. The minimum absolute atomic E-state index is 0.0553. The number of fused-ring (bicyclic) bond motifs is 2. The van der Waals surface area contributed by atoms with Crippen LogP contribution in [0.25, 0.3) is 43.9 Å². The van der Waals surface area contributed by atoms with Crippen LogP contribution >= 0.6 is 11.3 Å². The van der Waals surface area contributed by atoms with E-state index in [1.807, 2.05) is 42.4 Å². The van der Waals surface area contributed by atoms with Crippen LogP contribution in [0, 0.1) is 11.6 Å². The molecule has 8 nitrogen and oxygen atoms in total. The van der Waals surface area contributed by atoms with Crippen molar-refractivity contribution in [3.05, 3.63) is 72.0 Å². The average Bonchev–Trinajstić information content (AvgIpc) is 3.66. The number of hydrogen-bond acceptors (Lipinski definition) is 6. The number of hydrogen-bond donors (Lipinski definition) is 0. The van der Waals surface area contributed by atoms with E-state index in [2.05, 4.69) is 11.7 Å². The fraction of sp³-hybridized carbons (Fsp3) is 0.214. The van der Waals surface area contributed by atoms with E-state index in [4.69, 9.17) is 14.8 Å². The van der Waals surface area contributed by atoms with Crippen LogP contribution in [0.2, 0.25) is 0 Å². The van der Waals surface area contributed by atoms with E-state index in [0.29, 0.717) is 35.7 Å². The number of pyridine rings is 1. The average molecular weight is 547 g/mol. The number of rotatable bonds is 5. The predicted molar refractivity (Wildman–Crippen MR) is 145 cm³/mol. The molecule has 39 heavy (non-hydrogen) atoms. The fourth-order valence-corrected chi connectivity index (χ4v) is 6.06. The maximum absolute atomic E-state index is 15.6. The topological polar surface area (TPSA) is 78.1 Å². The fourth-order valence-electron chi connectivity index (χ4n) is 5.11. The maximum atomic E-state index is 15.6. The molecule has 0 aliphatic carbocycles. The summed E-state index contributed by atoms with van der Waals surface area (Å²) in [6.45, 7) is 6.39. The molecule has 0 radical (unpaired) electrons. The molecule has 0 N–H and O–H groups in total. The number of methoxy groups -OCH3 is 1. The summed E-state index contributed by atoms with van der Waals surface area (Å²) >= 11 is 1.43. The zero-order valence-electron chi connectivity index (χ0n) is 21.5. The number of thiophene rings is 1. The SMILES string of the molecule is C=CC(=O)N1Cc2cc(-c3nc(-c4cnn(C)c4)c4ccsc4c3-c3c(F)cc(F)cc3OC)nn2CC1C. The number of carbonyl (C=O) groups excluding carboxylic acids is 1. The van der Waals surface area contributed by atoms with E-state index >= 15 is 4.39 Å². The molecule has 0 fully saturated rings. The summed E-state index contributed by atoms with van der Waals surface area (Å²) in [6.07, 6.45) is 4.89. The summed E-state index contributed by atoms with van der Waals surface area (Å²) in [5, 5.41) is 11.9. The first-order chi connectivity index (χ1) is 18.8. The van der Waals surface area contributed by atoms with Gasteiger partial charge >= 0.3 is 0 Å². The van der Waals surface area contributed by atoms with Crippen LogP contribution < -0.4 is 4.74 Å². The third-order valence-electron chi connectivity index (χ3n) is 6.94. The molecule has 0 saturated heterocycles. The van der Waals surface area contributed by atoms with Gasteiger partial charge in [-0.25, -0.2) is 13.8 Å². The number of benzene rings is 1. The highest BCUT2D eigenvalue weighted by atomic mass is 32.1. The van der Waals surface area contributed by atoms with Crippen LogP contribution in [0.5, 0.6) is 5.75 Å². The minimum Gasteiger partial charge on any atom is -0.496 e. The smallest absolute Gasteiger partial charge is 0.246 e. The molecule has 0 spiro atoms. The Morgan fingerprint density at radius 3 is 2.77 bits per heavy atom. The summed E-state index contributed by atoms with van der Waals surface area (Å²) in [5.74, 6) is -1.61. The van der Waals surface area contributed by atoms with Crippen LogP contribution in [0.1, 0.15) is 12.6 Å². The second-order valence-corrected chi connectivity index (χ2v) is 10.4. The quantitative estimate of drug-likeness (QED) is 0.275. The zero-order chi connectivity index (χ0) is 27.4. The number of ether oxygens (including phenoxy) is 1. The van der Waals surface area contributed by atoms with Crippen LogP contribution in [0.3, 0.4) is 0 Å². The number of aromatic nitrogens is 5. The number of carbonyl (C=O) groups is 1. The van der Waals surface area contributed by atoms with Gasteiger partial charge in [-0.1, -0.05) is 6.58 Å². The van der Waals surface area contributed by atoms with Crippen molar-refractivity contribution >= 4 is 27.3 Å². The van der Waals surface area contributed by atoms with Gasteiger partial charge in [-0.2, -0.15) is 10.2 Å². The monoisotopic (exact) mass is 546 g/mol. The number of halogens is 2. The summed E-state index contributed by atoms with van der Waals surface area (Å²) in [4.78, 5) is 19.2. The van der Waals surface area contributed by atoms with Crippen LogP contribution in [-0.2, 0) is 24.9 Å². The number of aryl methyl sites for hydroxylation is 1. The third kappa shape index (κ3) is 4.09. The molecule has 1 atom stereocenters. The molecule has 1 unspecified atom stereocenters. The second kappa shape index (κ2) is 9.42. The molecule has 5 aromatic rings. The second-order valence-electron chi connectivity index (χ2n) is 9.44. The Morgan fingerprint density at radius 1 is 1.23 bits per heavy atom. The zero-order valence-corrected chi connectivity index (χ0v) is 22.3. The summed E-state index contributed by atoms with van der Waals surface area (Å²) in [7, 11) is 3.20. The molecule has 6 rings (SSSR count). The Hall–Kier alpha value is -4.38. The molecule has 1 aromatic carbocycles. The van der Waals surface area contributed by atoms with Gasteiger partial charge in [-0.3, -0.25) is 14.2 Å².